The molecule has 0 radical (unpaired) electrons. The molecule has 0 aliphatic heterocycles. The Labute approximate surface area is 243 Å². The molecular weight excluding hydrogens is 554 g/mol. The Hall–Kier alpha value is -4.89. The zero-order chi connectivity index (χ0) is 29.1. The first-order valence-corrected chi connectivity index (χ1v) is 14.4. The second-order valence-corrected chi connectivity index (χ2v) is 10.9. The molecule has 42 heavy (non-hydrogen) atoms. The van der Waals surface area contributed by atoms with E-state index in [0.29, 0.717) is 50.0 Å². The van der Waals surface area contributed by atoms with Crippen LogP contribution in [0.25, 0.3) is 66.3 Å². The summed E-state index contributed by atoms with van der Waals surface area (Å²) in [5.74, 6) is -0.634. The van der Waals surface area contributed by atoms with Crippen molar-refractivity contribution in [2.75, 3.05) is 24.7 Å². The van der Waals surface area contributed by atoms with Gasteiger partial charge in [-0.15, -0.1) is 0 Å². The minimum atomic E-state index is -0.378. The Kier molecular flexibility index (Phi) is 6.13. The van der Waals surface area contributed by atoms with Gasteiger partial charge < -0.3 is 19.0 Å². The van der Waals surface area contributed by atoms with Gasteiger partial charge in [0.25, 0.3) is 5.91 Å². The minimum Gasteiger partial charge on any atom is -0.455 e. The molecule has 0 fully saturated rings. The predicted molar refractivity (Wildman–Crippen MR) is 167 cm³/mol. The van der Waals surface area contributed by atoms with E-state index in [0.717, 1.165) is 27.5 Å². The number of amides is 1. The molecule has 0 bridgehead atoms. The van der Waals surface area contributed by atoms with Crippen molar-refractivity contribution < 1.29 is 18.0 Å². The number of hydrogen-bond acceptors (Lipinski definition) is 5. The number of carbonyl (C=O) groups is 1. The van der Waals surface area contributed by atoms with E-state index in [1.54, 1.807) is 25.2 Å². The molecule has 1 amide bonds. The number of hydrogen-bond donors (Lipinski definition) is 2. The number of anilines is 1. The maximum absolute atomic E-state index is 14.8. The number of nitrogens with zero attached hydrogens (tertiary/aromatic N) is 2. The summed E-state index contributed by atoms with van der Waals surface area (Å²) in [7, 11) is 3.50. The fourth-order valence-electron chi connectivity index (χ4n) is 5.56. The van der Waals surface area contributed by atoms with Crippen molar-refractivity contribution in [3.05, 3.63) is 96.1 Å². The van der Waals surface area contributed by atoms with E-state index < -0.39 is 0 Å². The standard InChI is InChI=1S/C33H24F2N4O2S/c1-36-33(40)29-22-15-21(26(39(2)42-3)16-27(22)41-32(29)18-7-11-19(34)12-8-18)24-14-10-17-9-13-20-28-23(35)5-4-6-25(28)38-31(20)30(17)37-24/h4-16,38H,1-3H3,(H,36,40). The molecule has 7 rings (SSSR count). The lowest BCUT2D eigenvalue weighted by atomic mass is 10.00. The van der Waals surface area contributed by atoms with Crippen LogP contribution in [0.4, 0.5) is 14.5 Å². The van der Waals surface area contributed by atoms with E-state index in [-0.39, 0.29) is 17.5 Å². The molecule has 7 aromatic rings. The summed E-state index contributed by atoms with van der Waals surface area (Å²) in [6.07, 6.45) is 1.96. The Bertz CT molecular complexity index is 2190. The summed E-state index contributed by atoms with van der Waals surface area (Å²) in [5.41, 5.74) is 5.93. The van der Waals surface area contributed by atoms with Gasteiger partial charge in [-0.1, -0.05) is 36.2 Å². The Morgan fingerprint density at radius 3 is 2.55 bits per heavy atom. The third-order valence-electron chi connectivity index (χ3n) is 7.66. The van der Waals surface area contributed by atoms with Gasteiger partial charge in [-0.05, 0) is 48.5 Å². The number of aromatic amines is 1. The van der Waals surface area contributed by atoms with Crippen LogP contribution in [-0.4, -0.2) is 36.2 Å². The molecular formula is C33H24F2N4O2S. The van der Waals surface area contributed by atoms with Crippen molar-refractivity contribution in [2.45, 2.75) is 0 Å². The number of halogens is 2. The number of pyridine rings is 1. The fraction of sp³-hybridized carbons (Fsp3) is 0.0909. The molecule has 9 heteroatoms. The number of aromatic nitrogens is 2. The maximum Gasteiger partial charge on any atom is 0.255 e. The highest BCUT2D eigenvalue weighted by Gasteiger charge is 2.25. The summed E-state index contributed by atoms with van der Waals surface area (Å²) in [6, 6.07) is 22.5. The van der Waals surface area contributed by atoms with E-state index in [9.17, 15) is 13.6 Å². The molecule has 4 aromatic carbocycles. The Balaban J connectivity index is 1.51. The molecule has 0 aliphatic rings. The van der Waals surface area contributed by atoms with Gasteiger partial charge in [0.2, 0.25) is 0 Å². The average molecular weight is 579 g/mol. The second kappa shape index (κ2) is 9.88. The number of benzene rings is 4. The number of nitrogens with one attached hydrogen (secondary N) is 2. The lowest BCUT2D eigenvalue weighted by molar-refractivity contribution is 0.0964. The van der Waals surface area contributed by atoms with Gasteiger partial charge in [0.1, 0.15) is 23.0 Å². The van der Waals surface area contributed by atoms with Gasteiger partial charge in [0.15, 0.2) is 0 Å². The molecule has 0 saturated carbocycles. The molecule has 0 unspecified atom stereocenters. The first-order chi connectivity index (χ1) is 20.4. The Morgan fingerprint density at radius 1 is 1.00 bits per heavy atom. The Morgan fingerprint density at radius 2 is 1.79 bits per heavy atom. The van der Waals surface area contributed by atoms with Crippen molar-refractivity contribution in [3.63, 3.8) is 0 Å². The van der Waals surface area contributed by atoms with Crippen molar-refractivity contribution >= 4 is 67.2 Å². The van der Waals surface area contributed by atoms with Gasteiger partial charge in [0, 0.05) is 64.6 Å². The SMILES string of the molecule is CNC(=O)c1c(-c2ccc(F)cc2)oc2cc(N(C)SC)c(-c3ccc4ccc5c([nH]c6cccc(F)c65)c4n3)cc12. The third-order valence-corrected chi connectivity index (χ3v) is 8.41. The van der Waals surface area contributed by atoms with Crippen LogP contribution in [0.2, 0.25) is 0 Å². The molecule has 3 aromatic heterocycles. The summed E-state index contributed by atoms with van der Waals surface area (Å²) in [4.78, 5) is 21.7. The minimum absolute atomic E-state index is 0.290. The molecule has 2 N–H and O–H groups in total. The normalized spacial score (nSPS) is 11.6. The fourth-order valence-corrected chi connectivity index (χ4v) is 5.91. The van der Waals surface area contributed by atoms with Crippen molar-refractivity contribution in [1.29, 1.82) is 0 Å². The van der Waals surface area contributed by atoms with Gasteiger partial charge in [0.05, 0.1) is 28.0 Å². The molecule has 208 valence electrons. The molecule has 3 heterocycles. The number of carbonyl (C=O) groups excluding carboxylic acids is 1. The van der Waals surface area contributed by atoms with Crippen molar-refractivity contribution in [3.8, 4) is 22.6 Å². The van der Waals surface area contributed by atoms with E-state index in [1.807, 2.05) is 60.1 Å². The van der Waals surface area contributed by atoms with E-state index in [1.165, 1.54) is 30.1 Å². The molecule has 0 atom stereocenters. The van der Waals surface area contributed by atoms with Crippen LogP contribution >= 0.6 is 11.9 Å². The van der Waals surface area contributed by atoms with Gasteiger partial charge in [-0.2, -0.15) is 0 Å². The van der Waals surface area contributed by atoms with Crippen molar-refractivity contribution in [1.82, 2.24) is 15.3 Å². The smallest absolute Gasteiger partial charge is 0.255 e. The maximum atomic E-state index is 14.8. The first-order valence-electron chi connectivity index (χ1n) is 13.2. The van der Waals surface area contributed by atoms with Crippen LogP contribution in [0.15, 0.2) is 83.3 Å². The summed E-state index contributed by atoms with van der Waals surface area (Å²) < 4.78 is 36.8. The second-order valence-electron chi connectivity index (χ2n) is 9.98. The van der Waals surface area contributed by atoms with Gasteiger partial charge in [-0.25, -0.2) is 13.8 Å². The quantitative estimate of drug-likeness (QED) is 0.201. The summed E-state index contributed by atoms with van der Waals surface area (Å²) >= 11 is 1.52. The molecule has 0 saturated heterocycles. The topological polar surface area (TPSA) is 74.2 Å². The molecule has 6 nitrogen and oxygen atoms in total. The number of H-pyrrole nitrogens is 1. The van der Waals surface area contributed by atoms with E-state index in [2.05, 4.69) is 10.3 Å². The van der Waals surface area contributed by atoms with Crippen LogP contribution in [-0.2, 0) is 0 Å². The zero-order valence-electron chi connectivity index (χ0n) is 22.9. The highest BCUT2D eigenvalue weighted by Crippen LogP contribution is 2.42. The zero-order valence-corrected chi connectivity index (χ0v) is 23.7. The van der Waals surface area contributed by atoms with Crippen LogP contribution in [0.3, 0.4) is 0 Å². The molecule has 0 aliphatic carbocycles. The van der Waals surface area contributed by atoms with Crippen LogP contribution in [0.5, 0.6) is 0 Å². The van der Waals surface area contributed by atoms with Crippen LogP contribution < -0.4 is 9.62 Å². The van der Waals surface area contributed by atoms with E-state index >= 15 is 0 Å². The largest absolute Gasteiger partial charge is 0.455 e. The van der Waals surface area contributed by atoms with Crippen LogP contribution in [0.1, 0.15) is 10.4 Å². The third kappa shape index (κ3) is 4.00. The average Bonchev–Trinajstić information content (AvgIpc) is 3.59. The van der Waals surface area contributed by atoms with Gasteiger partial charge >= 0.3 is 0 Å². The highest BCUT2D eigenvalue weighted by atomic mass is 32.2. The van der Waals surface area contributed by atoms with Crippen molar-refractivity contribution in [2.24, 2.45) is 0 Å². The summed E-state index contributed by atoms with van der Waals surface area (Å²) in [5, 5.41) is 5.52. The van der Waals surface area contributed by atoms with E-state index in [4.69, 9.17) is 9.40 Å². The number of fused-ring (bicyclic) bond motifs is 6. The first kappa shape index (κ1) is 26.0. The molecule has 0 spiro atoms. The number of furan rings is 1. The van der Waals surface area contributed by atoms with Crippen LogP contribution in [0, 0.1) is 11.6 Å². The number of rotatable bonds is 5. The monoisotopic (exact) mass is 578 g/mol. The highest BCUT2D eigenvalue weighted by molar-refractivity contribution is 7.99. The lowest BCUT2D eigenvalue weighted by Crippen LogP contribution is -2.18. The lowest BCUT2D eigenvalue weighted by Gasteiger charge is -2.19. The van der Waals surface area contributed by atoms with Gasteiger partial charge in [-0.3, -0.25) is 4.79 Å². The summed E-state index contributed by atoms with van der Waals surface area (Å²) in [6.45, 7) is 0. The predicted octanol–water partition coefficient (Wildman–Crippen LogP) is 8.30.